The Kier molecular flexibility index (Phi) is 4.01. The summed E-state index contributed by atoms with van der Waals surface area (Å²) in [5.74, 6) is 0.717. The van der Waals surface area contributed by atoms with Crippen LogP contribution in [0.1, 0.15) is 32.8 Å². The zero-order valence-corrected chi connectivity index (χ0v) is 10.2. The van der Waals surface area contributed by atoms with Gasteiger partial charge in [-0.15, -0.1) is 0 Å². The summed E-state index contributed by atoms with van der Waals surface area (Å²) in [5, 5.41) is 3.50. The van der Waals surface area contributed by atoms with Crippen LogP contribution in [0.15, 0.2) is 18.2 Å². The van der Waals surface area contributed by atoms with E-state index in [9.17, 15) is 0 Å². The predicted octanol–water partition coefficient (Wildman–Crippen LogP) is 3.42. The first-order valence-corrected chi connectivity index (χ1v) is 5.61. The maximum absolute atomic E-state index is 5.76. The molecular formula is C13H22N2. The van der Waals surface area contributed by atoms with E-state index < -0.39 is 0 Å². The van der Waals surface area contributed by atoms with Crippen LogP contribution in [0.25, 0.3) is 0 Å². The summed E-state index contributed by atoms with van der Waals surface area (Å²) in [6.07, 6.45) is 1.17. The SMILES string of the molecule is Cc1ccc(N)cc1NC(C)CC(C)C. The van der Waals surface area contributed by atoms with E-state index in [2.05, 4.69) is 39.1 Å². The number of anilines is 2. The Labute approximate surface area is 92.9 Å². The van der Waals surface area contributed by atoms with Crippen LogP contribution in [0.4, 0.5) is 11.4 Å². The monoisotopic (exact) mass is 206 g/mol. The van der Waals surface area contributed by atoms with Crippen molar-refractivity contribution in [1.29, 1.82) is 0 Å². The summed E-state index contributed by atoms with van der Waals surface area (Å²) in [6.45, 7) is 8.79. The van der Waals surface area contributed by atoms with Gasteiger partial charge in [0, 0.05) is 17.4 Å². The van der Waals surface area contributed by atoms with Crippen molar-refractivity contribution in [2.24, 2.45) is 5.92 Å². The minimum Gasteiger partial charge on any atom is -0.399 e. The summed E-state index contributed by atoms with van der Waals surface area (Å²) in [7, 11) is 0. The topological polar surface area (TPSA) is 38.0 Å². The first-order chi connectivity index (χ1) is 6.99. The highest BCUT2D eigenvalue weighted by Crippen LogP contribution is 2.20. The van der Waals surface area contributed by atoms with Crippen LogP contribution < -0.4 is 11.1 Å². The molecule has 1 unspecified atom stereocenters. The predicted molar refractivity (Wildman–Crippen MR) is 68.1 cm³/mol. The van der Waals surface area contributed by atoms with Crippen molar-refractivity contribution < 1.29 is 0 Å². The Morgan fingerprint density at radius 1 is 1.27 bits per heavy atom. The molecule has 15 heavy (non-hydrogen) atoms. The lowest BCUT2D eigenvalue weighted by Crippen LogP contribution is -2.18. The zero-order valence-electron chi connectivity index (χ0n) is 10.2. The third-order valence-electron chi connectivity index (χ3n) is 2.49. The van der Waals surface area contributed by atoms with E-state index in [1.807, 2.05) is 12.1 Å². The molecule has 1 atom stereocenters. The highest BCUT2D eigenvalue weighted by Gasteiger charge is 2.06. The Morgan fingerprint density at radius 2 is 1.93 bits per heavy atom. The van der Waals surface area contributed by atoms with Gasteiger partial charge in [0.15, 0.2) is 0 Å². The molecular weight excluding hydrogens is 184 g/mol. The number of hydrogen-bond donors (Lipinski definition) is 2. The molecule has 1 aromatic rings. The highest BCUT2D eigenvalue weighted by molar-refractivity contribution is 5.59. The molecule has 0 aliphatic carbocycles. The lowest BCUT2D eigenvalue weighted by atomic mass is 10.0. The summed E-state index contributed by atoms with van der Waals surface area (Å²) in [6, 6.07) is 6.49. The van der Waals surface area contributed by atoms with E-state index in [-0.39, 0.29) is 0 Å². The van der Waals surface area contributed by atoms with E-state index in [1.165, 1.54) is 12.0 Å². The molecule has 0 bridgehead atoms. The molecule has 0 fully saturated rings. The van der Waals surface area contributed by atoms with E-state index in [1.54, 1.807) is 0 Å². The Morgan fingerprint density at radius 3 is 2.53 bits per heavy atom. The van der Waals surface area contributed by atoms with Crippen LogP contribution in [-0.4, -0.2) is 6.04 Å². The van der Waals surface area contributed by atoms with Crippen LogP contribution in [0.5, 0.6) is 0 Å². The molecule has 2 heteroatoms. The van der Waals surface area contributed by atoms with Crippen LogP contribution in [0.3, 0.4) is 0 Å². The van der Waals surface area contributed by atoms with Gasteiger partial charge in [-0.1, -0.05) is 19.9 Å². The minimum atomic E-state index is 0.491. The molecule has 0 aliphatic heterocycles. The molecule has 1 aromatic carbocycles. The fourth-order valence-corrected chi connectivity index (χ4v) is 1.83. The molecule has 1 rings (SSSR count). The molecule has 0 heterocycles. The number of nitrogen functional groups attached to an aromatic ring is 1. The molecule has 0 saturated carbocycles. The third kappa shape index (κ3) is 3.82. The lowest BCUT2D eigenvalue weighted by Gasteiger charge is -2.19. The first-order valence-electron chi connectivity index (χ1n) is 5.61. The second-order valence-electron chi connectivity index (χ2n) is 4.75. The fourth-order valence-electron chi connectivity index (χ4n) is 1.83. The van der Waals surface area contributed by atoms with Gasteiger partial charge >= 0.3 is 0 Å². The Bertz CT molecular complexity index is 318. The summed E-state index contributed by atoms with van der Waals surface area (Å²) in [4.78, 5) is 0. The largest absolute Gasteiger partial charge is 0.399 e. The quantitative estimate of drug-likeness (QED) is 0.741. The number of benzene rings is 1. The highest BCUT2D eigenvalue weighted by atomic mass is 14.9. The molecule has 0 amide bonds. The lowest BCUT2D eigenvalue weighted by molar-refractivity contribution is 0.539. The second-order valence-corrected chi connectivity index (χ2v) is 4.75. The van der Waals surface area contributed by atoms with Gasteiger partial charge in [0.1, 0.15) is 0 Å². The Balaban J connectivity index is 2.67. The average Bonchev–Trinajstić information content (AvgIpc) is 2.10. The third-order valence-corrected chi connectivity index (χ3v) is 2.49. The molecule has 3 N–H and O–H groups in total. The number of nitrogens with two attached hydrogens (primary N) is 1. The maximum atomic E-state index is 5.76. The summed E-state index contributed by atoms with van der Waals surface area (Å²) in [5.41, 5.74) is 8.99. The van der Waals surface area contributed by atoms with Gasteiger partial charge in [0.25, 0.3) is 0 Å². The summed E-state index contributed by atoms with van der Waals surface area (Å²) >= 11 is 0. The number of aryl methyl sites for hydroxylation is 1. The number of nitrogens with one attached hydrogen (secondary N) is 1. The van der Waals surface area contributed by atoms with Crippen LogP contribution >= 0.6 is 0 Å². The molecule has 0 aliphatic rings. The maximum Gasteiger partial charge on any atom is 0.0392 e. The van der Waals surface area contributed by atoms with Crippen LogP contribution in [0.2, 0.25) is 0 Å². The standard InChI is InChI=1S/C13H22N2/c1-9(2)7-11(4)15-13-8-12(14)6-5-10(13)3/h5-6,8-9,11,15H,7,14H2,1-4H3. The second kappa shape index (κ2) is 5.06. The van der Waals surface area contributed by atoms with Crippen molar-refractivity contribution in [2.45, 2.75) is 40.2 Å². The first kappa shape index (κ1) is 11.9. The zero-order chi connectivity index (χ0) is 11.4. The van der Waals surface area contributed by atoms with Gasteiger partial charge in [0.2, 0.25) is 0 Å². The van der Waals surface area contributed by atoms with E-state index in [0.29, 0.717) is 12.0 Å². The molecule has 0 spiro atoms. The molecule has 0 saturated heterocycles. The van der Waals surface area contributed by atoms with Crippen molar-refractivity contribution in [2.75, 3.05) is 11.1 Å². The molecule has 2 nitrogen and oxygen atoms in total. The van der Waals surface area contributed by atoms with Crippen molar-refractivity contribution in [3.05, 3.63) is 23.8 Å². The smallest absolute Gasteiger partial charge is 0.0392 e. The molecule has 0 aromatic heterocycles. The van der Waals surface area contributed by atoms with Gasteiger partial charge < -0.3 is 11.1 Å². The van der Waals surface area contributed by atoms with Gasteiger partial charge in [0.05, 0.1) is 0 Å². The van der Waals surface area contributed by atoms with Gasteiger partial charge in [-0.05, 0) is 43.9 Å². The number of hydrogen-bond acceptors (Lipinski definition) is 2. The Hall–Kier alpha value is -1.18. The van der Waals surface area contributed by atoms with E-state index in [4.69, 9.17) is 5.73 Å². The van der Waals surface area contributed by atoms with E-state index in [0.717, 1.165) is 11.4 Å². The number of rotatable bonds is 4. The van der Waals surface area contributed by atoms with Crippen LogP contribution in [-0.2, 0) is 0 Å². The van der Waals surface area contributed by atoms with Crippen LogP contribution in [0, 0.1) is 12.8 Å². The molecule has 0 radical (unpaired) electrons. The van der Waals surface area contributed by atoms with Crippen molar-refractivity contribution in [3.63, 3.8) is 0 Å². The van der Waals surface area contributed by atoms with Gasteiger partial charge in [-0.25, -0.2) is 0 Å². The van der Waals surface area contributed by atoms with E-state index >= 15 is 0 Å². The van der Waals surface area contributed by atoms with Crippen molar-refractivity contribution in [3.8, 4) is 0 Å². The molecule has 84 valence electrons. The van der Waals surface area contributed by atoms with Gasteiger partial charge in [-0.2, -0.15) is 0 Å². The minimum absolute atomic E-state index is 0.491. The van der Waals surface area contributed by atoms with Crippen molar-refractivity contribution >= 4 is 11.4 Å². The van der Waals surface area contributed by atoms with Crippen molar-refractivity contribution in [1.82, 2.24) is 0 Å². The van der Waals surface area contributed by atoms with Gasteiger partial charge in [-0.3, -0.25) is 0 Å². The normalized spacial score (nSPS) is 12.9. The summed E-state index contributed by atoms with van der Waals surface area (Å²) < 4.78 is 0. The fraction of sp³-hybridized carbons (Fsp3) is 0.538. The average molecular weight is 206 g/mol.